The first kappa shape index (κ1) is 22.7. The van der Waals surface area contributed by atoms with E-state index in [1.807, 2.05) is 29.2 Å². The van der Waals surface area contributed by atoms with Crippen LogP contribution < -0.4 is 10.6 Å². The molecule has 1 aromatic carbocycles. The number of halogens is 1. The molecule has 2 aliphatic rings. The molecule has 0 aromatic heterocycles. The average molecular weight is 408 g/mol. The van der Waals surface area contributed by atoms with Crippen molar-refractivity contribution in [1.29, 1.82) is 0 Å². The van der Waals surface area contributed by atoms with Crippen molar-refractivity contribution in [2.75, 3.05) is 18.4 Å². The first-order valence-corrected chi connectivity index (χ1v) is 10.6. The predicted octanol–water partition coefficient (Wildman–Crippen LogP) is 4.23. The number of fused-ring (bicyclic) bond motifs is 1. The Labute approximate surface area is 175 Å². The molecule has 1 aliphatic heterocycles. The number of nitrogens with one attached hydrogen (secondary N) is 2. The van der Waals surface area contributed by atoms with Crippen LogP contribution in [0.5, 0.6) is 0 Å². The lowest BCUT2D eigenvalue weighted by Crippen LogP contribution is -2.39. The maximum Gasteiger partial charge on any atom is 0.253 e. The highest BCUT2D eigenvalue weighted by Crippen LogP contribution is 2.33. The van der Waals surface area contributed by atoms with Crippen molar-refractivity contribution in [2.45, 2.75) is 70.9 Å². The van der Waals surface area contributed by atoms with E-state index in [0.717, 1.165) is 38.0 Å². The Kier molecular flexibility index (Phi) is 8.77. The molecule has 2 fully saturated rings. The van der Waals surface area contributed by atoms with Crippen molar-refractivity contribution >= 4 is 29.9 Å². The normalized spacial score (nSPS) is 23.4. The van der Waals surface area contributed by atoms with Gasteiger partial charge in [-0.3, -0.25) is 9.59 Å². The first-order chi connectivity index (χ1) is 13.1. The minimum Gasteiger partial charge on any atom is -0.339 e. The van der Waals surface area contributed by atoms with E-state index in [0.29, 0.717) is 17.5 Å². The number of nitrogens with zero attached hydrogens (tertiary/aromatic N) is 1. The fraction of sp³-hybridized carbons (Fsp3) is 0.636. The molecule has 2 amide bonds. The van der Waals surface area contributed by atoms with Crippen LogP contribution in [-0.2, 0) is 4.79 Å². The van der Waals surface area contributed by atoms with Crippen molar-refractivity contribution in [3.63, 3.8) is 0 Å². The molecular weight excluding hydrogens is 374 g/mol. The minimum atomic E-state index is -0.0935. The number of carbonyl (C=O) groups is 2. The van der Waals surface area contributed by atoms with Crippen molar-refractivity contribution in [3.05, 3.63) is 29.8 Å². The quantitative estimate of drug-likeness (QED) is 0.710. The van der Waals surface area contributed by atoms with Crippen LogP contribution in [0, 0.1) is 5.92 Å². The van der Waals surface area contributed by atoms with Crippen molar-refractivity contribution in [3.8, 4) is 0 Å². The van der Waals surface area contributed by atoms with Gasteiger partial charge in [-0.1, -0.05) is 26.7 Å². The smallest absolute Gasteiger partial charge is 0.253 e. The molecule has 1 saturated heterocycles. The SMILES string of the molecule is CCCN(CCC)C(=O)c1ccc(NC(=O)C2CC3CCCCC3N2)cc1.Cl. The van der Waals surface area contributed by atoms with Gasteiger partial charge in [0.15, 0.2) is 0 Å². The van der Waals surface area contributed by atoms with Crippen molar-refractivity contribution in [2.24, 2.45) is 5.92 Å². The Morgan fingerprint density at radius 1 is 1.07 bits per heavy atom. The standard InChI is InChI=1S/C22H33N3O2.ClH/c1-3-13-25(14-4-2)22(27)16-9-11-18(12-10-16)23-21(26)20-15-17-7-5-6-8-19(17)24-20;/h9-12,17,19-20,24H,3-8,13-15H2,1-2H3,(H,23,26);1H. The van der Waals surface area contributed by atoms with Crippen LogP contribution in [0.4, 0.5) is 5.69 Å². The first-order valence-electron chi connectivity index (χ1n) is 10.6. The third-order valence-corrected chi connectivity index (χ3v) is 5.85. The number of amides is 2. The second-order valence-corrected chi connectivity index (χ2v) is 7.96. The van der Waals surface area contributed by atoms with Crippen LogP contribution in [0.2, 0.25) is 0 Å². The van der Waals surface area contributed by atoms with E-state index < -0.39 is 0 Å². The van der Waals surface area contributed by atoms with Crippen LogP contribution in [0.25, 0.3) is 0 Å². The molecule has 156 valence electrons. The number of carbonyl (C=O) groups excluding carboxylic acids is 2. The van der Waals surface area contributed by atoms with E-state index in [2.05, 4.69) is 24.5 Å². The Hall–Kier alpha value is -1.59. The number of anilines is 1. The lowest BCUT2D eigenvalue weighted by Gasteiger charge is -2.24. The zero-order valence-corrected chi connectivity index (χ0v) is 17.9. The second kappa shape index (κ2) is 10.8. The molecular formula is C22H34ClN3O2. The van der Waals surface area contributed by atoms with E-state index in [1.54, 1.807) is 0 Å². The summed E-state index contributed by atoms with van der Waals surface area (Å²) in [5.41, 5.74) is 1.44. The van der Waals surface area contributed by atoms with Crippen LogP contribution in [0.3, 0.4) is 0 Å². The highest BCUT2D eigenvalue weighted by Gasteiger charge is 2.38. The average Bonchev–Trinajstić information content (AvgIpc) is 3.12. The van der Waals surface area contributed by atoms with E-state index in [4.69, 9.17) is 0 Å². The molecule has 3 rings (SSSR count). The van der Waals surface area contributed by atoms with Crippen molar-refractivity contribution < 1.29 is 9.59 Å². The lowest BCUT2D eigenvalue weighted by molar-refractivity contribution is -0.117. The molecule has 1 saturated carbocycles. The Morgan fingerprint density at radius 2 is 1.71 bits per heavy atom. The largest absolute Gasteiger partial charge is 0.339 e. The monoisotopic (exact) mass is 407 g/mol. The van der Waals surface area contributed by atoms with Gasteiger partial charge < -0.3 is 15.5 Å². The molecule has 1 aliphatic carbocycles. The summed E-state index contributed by atoms with van der Waals surface area (Å²) < 4.78 is 0. The van der Waals surface area contributed by atoms with E-state index in [1.165, 1.54) is 25.7 Å². The number of hydrogen-bond donors (Lipinski definition) is 2. The molecule has 3 unspecified atom stereocenters. The molecule has 1 aromatic rings. The molecule has 28 heavy (non-hydrogen) atoms. The second-order valence-electron chi connectivity index (χ2n) is 7.96. The maximum atomic E-state index is 12.6. The fourth-order valence-corrected chi connectivity index (χ4v) is 4.48. The van der Waals surface area contributed by atoms with Crippen LogP contribution in [0.15, 0.2) is 24.3 Å². The lowest BCUT2D eigenvalue weighted by atomic mass is 9.85. The third-order valence-electron chi connectivity index (χ3n) is 5.85. The van der Waals surface area contributed by atoms with Gasteiger partial charge in [0.2, 0.25) is 5.91 Å². The summed E-state index contributed by atoms with van der Waals surface area (Å²) in [5, 5.41) is 6.53. The van der Waals surface area contributed by atoms with Gasteiger partial charge >= 0.3 is 0 Å². The molecule has 0 radical (unpaired) electrons. The highest BCUT2D eigenvalue weighted by atomic mass is 35.5. The minimum absolute atomic E-state index is 0. The maximum absolute atomic E-state index is 12.6. The van der Waals surface area contributed by atoms with Crippen LogP contribution >= 0.6 is 12.4 Å². The summed E-state index contributed by atoms with van der Waals surface area (Å²) in [6.45, 7) is 5.73. The molecule has 5 nitrogen and oxygen atoms in total. The summed E-state index contributed by atoms with van der Waals surface area (Å²) in [5.74, 6) is 0.762. The molecule has 1 heterocycles. The predicted molar refractivity (Wildman–Crippen MR) is 116 cm³/mol. The summed E-state index contributed by atoms with van der Waals surface area (Å²) in [6, 6.07) is 7.73. The molecule has 0 spiro atoms. The fourth-order valence-electron chi connectivity index (χ4n) is 4.48. The molecule has 3 atom stereocenters. The van der Waals surface area contributed by atoms with E-state index in [9.17, 15) is 9.59 Å². The van der Waals surface area contributed by atoms with Crippen molar-refractivity contribution in [1.82, 2.24) is 10.2 Å². The third kappa shape index (κ3) is 5.48. The van der Waals surface area contributed by atoms with Gasteiger partial charge in [-0.05, 0) is 62.3 Å². The molecule has 2 N–H and O–H groups in total. The van der Waals surface area contributed by atoms with Gasteiger partial charge in [0, 0.05) is 30.4 Å². The summed E-state index contributed by atoms with van der Waals surface area (Å²) in [7, 11) is 0. The Balaban J connectivity index is 0.00000280. The summed E-state index contributed by atoms with van der Waals surface area (Å²) in [4.78, 5) is 27.1. The number of benzene rings is 1. The van der Waals surface area contributed by atoms with Crippen LogP contribution in [-0.4, -0.2) is 41.9 Å². The zero-order valence-electron chi connectivity index (χ0n) is 17.1. The van der Waals surface area contributed by atoms with Gasteiger partial charge in [-0.25, -0.2) is 0 Å². The van der Waals surface area contributed by atoms with E-state index >= 15 is 0 Å². The summed E-state index contributed by atoms with van der Waals surface area (Å²) >= 11 is 0. The molecule has 6 heteroatoms. The topological polar surface area (TPSA) is 61.4 Å². The van der Waals surface area contributed by atoms with Crippen LogP contribution in [0.1, 0.15) is 69.2 Å². The molecule has 0 bridgehead atoms. The van der Waals surface area contributed by atoms with Gasteiger partial charge in [0.25, 0.3) is 5.91 Å². The Bertz CT molecular complexity index is 630. The zero-order chi connectivity index (χ0) is 19.2. The summed E-state index contributed by atoms with van der Waals surface area (Å²) in [6.07, 6.45) is 7.84. The van der Waals surface area contributed by atoms with Gasteiger partial charge in [0.1, 0.15) is 0 Å². The van der Waals surface area contributed by atoms with Gasteiger partial charge in [-0.15, -0.1) is 12.4 Å². The highest BCUT2D eigenvalue weighted by molar-refractivity contribution is 5.97. The number of rotatable bonds is 7. The van der Waals surface area contributed by atoms with Gasteiger partial charge in [-0.2, -0.15) is 0 Å². The number of hydrogen-bond acceptors (Lipinski definition) is 3. The van der Waals surface area contributed by atoms with Gasteiger partial charge in [0.05, 0.1) is 6.04 Å². The van der Waals surface area contributed by atoms with E-state index in [-0.39, 0.29) is 30.3 Å². The Morgan fingerprint density at radius 3 is 2.32 bits per heavy atom.